The second-order valence-corrected chi connectivity index (χ2v) is 13.3. The number of hydrogen-bond donors (Lipinski definition) is 3. The number of nitrogens with zero attached hydrogens (tertiary/aromatic N) is 1. The molecular weight excluding hydrogens is 591 g/mol. The van der Waals surface area contributed by atoms with Crippen molar-refractivity contribution in [2.45, 2.75) is 26.7 Å². The van der Waals surface area contributed by atoms with E-state index in [0.29, 0.717) is 0 Å². The third-order valence-corrected chi connectivity index (χ3v) is 5.11. The number of rotatable bonds is 5. The summed E-state index contributed by atoms with van der Waals surface area (Å²) in [7, 11) is -5.13. The molecular formula is C11H11Br3N2O10P-. The summed E-state index contributed by atoms with van der Waals surface area (Å²) < 4.78 is 24.7. The number of carbonyl (C=O) groups excluding carboxylic acids is 1. The van der Waals surface area contributed by atoms with Crippen molar-refractivity contribution in [3.8, 4) is 0 Å². The number of aromatic amines is 1. The number of aliphatic hydroxyl groups is 2. The van der Waals surface area contributed by atoms with Crippen molar-refractivity contribution in [2.75, 3.05) is 6.61 Å². The summed E-state index contributed by atoms with van der Waals surface area (Å²) in [5.41, 5.74) is -1.59. The van der Waals surface area contributed by atoms with E-state index in [1.165, 1.54) is 0 Å². The van der Waals surface area contributed by atoms with Gasteiger partial charge in [0, 0.05) is 12.3 Å². The van der Waals surface area contributed by atoms with Gasteiger partial charge in [-0.3, -0.25) is 18.9 Å². The molecule has 0 saturated carbocycles. The molecule has 2 heterocycles. The van der Waals surface area contributed by atoms with Gasteiger partial charge in [-0.2, -0.15) is 0 Å². The predicted octanol–water partition coefficient (Wildman–Crippen LogP) is -0.978. The summed E-state index contributed by atoms with van der Waals surface area (Å²) >= 11 is 8.29. The van der Waals surface area contributed by atoms with E-state index in [0.717, 1.165) is 16.8 Å². The zero-order valence-corrected chi connectivity index (χ0v) is 18.5. The number of phosphoric acid groups is 1. The Balaban J connectivity index is 2.06. The Morgan fingerprint density at radius 3 is 2.56 bits per heavy atom. The van der Waals surface area contributed by atoms with Crippen LogP contribution in [-0.4, -0.2) is 52.8 Å². The van der Waals surface area contributed by atoms with Crippen LogP contribution in [0.3, 0.4) is 0 Å². The molecule has 0 bridgehead atoms. The Hall–Kier alpha value is -0.380. The Kier molecular flexibility index (Phi) is 7.25. The number of aliphatic hydroxyl groups excluding tert-OH is 2. The Morgan fingerprint density at radius 1 is 1.37 bits per heavy atom. The minimum atomic E-state index is -5.13. The van der Waals surface area contributed by atoms with Crippen molar-refractivity contribution in [3.05, 3.63) is 33.1 Å². The number of alkyl halides is 3. The molecule has 0 radical (unpaired) electrons. The van der Waals surface area contributed by atoms with Crippen LogP contribution in [0.15, 0.2) is 21.9 Å². The first-order valence-electron chi connectivity index (χ1n) is 6.91. The van der Waals surface area contributed by atoms with Crippen molar-refractivity contribution >= 4 is 61.6 Å². The SMILES string of the molecule is O=C(OP(=O)([O-])OC[C@H]1O[C@@H](n2ccc(=O)[nH]c2=O)[C@H](O)[C@@H]1O)C(Br)(Br)Br. The fourth-order valence-corrected chi connectivity index (χ4v) is 3.41. The van der Waals surface area contributed by atoms with Crippen molar-refractivity contribution in [1.82, 2.24) is 9.55 Å². The predicted molar refractivity (Wildman–Crippen MR) is 96.4 cm³/mol. The van der Waals surface area contributed by atoms with Gasteiger partial charge in [0.15, 0.2) is 6.23 Å². The van der Waals surface area contributed by atoms with E-state index in [1.807, 2.05) is 4.98 Å². The molecule has 152 valence electrons. The molecule has 27 heavy (non-hydrogen) atoms. The molecule has 16 heteroatoms. The second kappa shape index (κ2) is 8.55. The standard InChI is InChI=1S/C11H12Br3N2O10P/c12-11(13,14)9(20)26-27(22,23)24-3-4-6(18)7(19)8(25-4)16-2-1-5(17)15-10(16)21/h1-2,4,6-8,18-19H,3H2,(H,22,23)(H,15,17,21)/p-1/t4-,6-,7-,8-/m1/s1. The van der Waals surface area contributed by atoms with Gasteiger partial charge in [-0.25, -0.2) is 9.59 Å². The number of halogens is 3. The number of H-pyrrole nitrogens is 1. The summed E-state index contributed by atoms with van der Waals surface area (Å²) in [6, 6.07) is 0.992. The summed E-state index contributed by atoms with van der Waals surface area (Å²) in [5, 5.41) is 20.0. The molecule has 0 spiro atoms. The van der Waals surface area contributed by atoms with E-state index in [2.05, 4.69) is 56.8 Å². The number of nitrogens with one attached hydrogen (secondary N) is 1. The number of phosphoric ester groups is 1. The lowest BCUT2D eigenvalue weighted by Gasteiger charge is -2.25. The second-order valence-electron chi connectivity index (χ2n) is 5.18. The fraction of sp³-hybridized carbons (Fsp3) is 0.545. The first-order chi connectivity index (χ1) is 12.3. The molecule has 1 unspecified atom stereocenters. The van der Waals surface area contributed by atoms with Crippen LogP contribution in [-0.2, 0) is 23.1 Å². The first-order valence-corrected chi connectivity index (χ1v) is 10.8. The maximum absolute atomic E-state index is 11.8. The molecule has 1 fully saturated rings. The normalized spacial score (nSPS) is 27.9. The van der Waals surface area contributed by atoms with Crippen LogP contribution in [0, 0.1) is 0 Å². The molecule has 1 saturated heterocycles. The van der Waals surface area contributed by atoms with Crippen LogP contribution < -0.4 is 16.1 Å². The van der Waals surface area contributed by atoms with Gasteiger partial charge in [0.05, 0.1) is 6.61 Å². The Bertz CT molecular complexity index is 867. The number of hydrogen-bond acceptors (Lipinski definition) is 10. The topological polar surface area (TPSA) is 180 Å². The molecule has 5 atom stereocenters. The smallest absolute Gasteiger partial charge is 0.350 e. The van der Waals surface area contributed by atoms with E-state index in [4.69, 9.17) is 4.74 Å². The van der Waals surface area contributed by atoms with Gasteiger partial charge in [-0.1, -0.05) is 0 Å². The van der Waals surface area contributed by atoms with Crippen LogP contribution in [0.1, 0.15) is 6.23 Å². The monoisotopic (exact) mass is 599 g/mol. The maximum Gasteiger partial charge on any atom is 0.350 e. The van der Waals surface area contributed by atoms with E-state index in [9.17, 15) is 34.1 Å². The highest BCUT2D eigenvalue weighted by Gasteiger charge is 2.45. The van der Waals surface area contributed by atoms with Crippen molar-refractivity contribution in [2.24, 2.45) is 0 Å². The molecule has 1 aromatic rings. The highest BCUT2D eigenvalue weighted by molar-refractivity contribution is 9.40. The third kappa shape index (κ3) is 5.81. The third-order valence-electron chi connectivity index (χ3n) is 3.29. The van der Waals surface area contributed by atoms with Crippen LogP contribution in [0.2, 0.25) is 0 Å². The average Bonchev–Trinajstić information content (AvgIpc) is 2.80. The first kappa shape index (κ1) is 22.9. The lowest BCUT2D eigenvalue weighted by atomic mass is 10.1. The lowest BCUT2D eigenvalue weighted by molar-refractivity contribution is -0.227. The number of ether oxygens (including phenoxy) is 1. The summed E-state index contributed by atoms with van der Waals surface area (Å²) in [5.74, 6) is -1.29. The fourth-order valence-electron chi connectivity index (χ4n) is 2.07. The minimum Gasteiger partial charge on any atom is -0.746 e. The highest BCUT2D eigenvalue weighted by Crippen LogP contribution is 2.45. The number of carbonyl (C=O) groups is 1. The van der Waals surface area contributed by atoms with Gasteiger partial charge in [0.2, 0.25) is 2.14 Å². The summed E-state index contributed by atoms with van der Waals surface area (Å²) in [4.78, 5) is 48.0. The lowest BCUT2D eigenvalue weighted by Crippen LogP contribution is -2.37. The van der Waals surface area contributed by atoms with E-state index < -0.39 is 58.3 Å². The molecule has 0 aliphatic carbocycles. The van der Waals surface area contributed by atoms with Gasteiger partial charge in [0.1, 0.15) is 18.3 Å². The summed E-state index contributed by atoms with van der Waals surface area (Å²) in [6.45, 7) is -0.819. The molecule has 3 N–H and O–H groups in total. The van der Waals surface area contributed by atoms with Gasteiger partial charge < -0.3 is 28.9 Å². The van der Waals surface area contributed by atoms with Crippen LogP contribution >= 0.6 is 55.6 Å². The van der Waals surface area contributed by atoms with E-state index >= 15 is 0 Å². The van der Waals surface area contributed by atoms with Gasteiger partial charge in [-0.05, 0) is 47.8 Å². The number of aromatic nitrogens is 2. The maximum atomic E-state index is 11.8. The van der Waals surface area contributed by atoms with Crippen LogP contribution in [0.5, 0.6) is 0 Å². The van der Waals surface area contributed by atoms with Gasteiger partial charge in [-0.15, -0.1) is 0 Å². The van der Waals surface area contributed by atoms with Crippen molar-refractivity contribution in [1.29, 1.82) is 0 Å². The molecule has 0 amide bonds. The van der Waals surface area contributed by atoms with Crippen LogP contribution in [0.4, 0.5) is 0 Å². The zero-order valence-electron chi connectivity index (χ0n) is 12.9. The molecule has 0 aromatic carbocycles. The molecule has 2 rings (SSSR count). The summed E-state index contributed by atoms with van der Waals surface area (Å²) in [6.07, 6.45) is -5.02. The zero-order chi connectivity index (χ0) is 20.6. The van der Waals surface area contributed by atoms with Crippen molar-refractivity contribution < 1.29 is 38.3 Å². The molecule has 12 nitrogen and oxygen atoms in total. The Morgan fingerprint density at radius 2 is 2.00 bits per heavy atom. The highest BCUT2D eigenvalue weighted by atomic mass is 80.0. The average molecular weight is 602 g/mol. The van der Waals surface area contributed by atoms with Gasteiger partial charge in [0.25, 0.3) is 5.56 Å². The minimum absolute atomic E-state index is 0.681. The molecule has 1 aliphatic rings. The molecule has 1 aliphatic heterocycles. The van der Waals surface area contributed by atoms with Crippen molar-refractivity contribution in [3.63, 3.8) is 0 Å². The van der Waals surface area contributed by atoms with E-state index in [-0.39, 0.29) is 0 Å². The molecule has 1 aromatic heterocycles. The van der Waals surface area contributed by atoms with Gasteiger partial charge >= 0.3 is 19.5 Å². The van der Waals surface area contributed by atoms with Crippen LogP contribution in [0.25, 0.3) is 0 Å². The Labute approximate surface area is 175 Å². The quantitative estimate of drug-likeness (QED) is 0.280. The van der Waals surface area contributed by atoms with E-state index in [1.54, 1.807) is 0 Å². The largest absolute Gasteiger partial charge is 0.746 e.